The van der Waals surface area contributed by atoms with E-state index in [4.69, 9.17) is 27.9 Å². The molecule has 1 saturated carbocycles. The van der Waals surface area contributed by atoms with Gasteiger partial charge in [0.05, 0.1) is 22.8 Å². The molecule has 1 saturated heterocycles. The molecular formula is C14H17Cl2NO. The van der Waals surface area contributed by atoms with E-state index in [1.807, 2.05) is 18.2 Å². The normalized spacial score (nSPS) is 26.7. The second-order valence-corrected chi connectivity index (χ2v) is 6.10. The lowest BCUT2D eigenvalue weighted by atomic mass is 9.95. The number of halogens is 2. The van der Waals surface area contributed by atoms with Crippen LogP contribution in [0.15, 0.2) is 18.2 Å². The molecule has 0 radical (unpaired) electrons. The lowest BCUT2D eigenvalue weighted by molar-refractivity contribution is -0.0325. The molecule has 0 bridgehead atoms. The Bertz CT molecular complexity index is 433. The van der Waals surface area contributed by atoms with Crippen molar-refractivity contribution < 1.29 is 4.74 Å². The molecular weight excluding hydrogens is 269 g/mol. The van der Waals surface area contributed by atoms with Gasteiger partial charge in [-0.3, -0.25) is 0 Å². The molecule has 2 aliphatic rings. The number of hydrogen-bond donors (Lipinski definition) is 1. The van der Waals surface area contributed by atoms with Crippen molar-refractivity contribution in [3.63, 3.8) is 0 Å². The highest BCUT2D eigenvalue weighted by Crippen LogP contribution is 2.37. The van der Waals surface area contributed by atoms with Crippen LogP contribution in [0.1, 0.15) is 37.4 Å². The quantitative estimate of drug-likeness (QED) is 0.843. The predicted molar refractivity (Wildman–Crippen MR) is 74.4 cm³/mol. The zero-order valence-corrected chi connectivity index (χ0v) is 11.7. The minimum absolute atomic E-state index is 0.0161. The second-order valence-electron chi connectivity index (χ2n) is 5.31. The first-order chi connectivity index (χ1) is 8.70. The van der Waals surface area contributed by atoms with Gasteiger partial charge in [-0.25, -0.2) is 0 Å². The van der Waals surface area contributed by atoms with Crippen LogP contribution in [-0.4, -0.2) is 18.7 Å². The summed E-state index contributed by atoms with van der Waals surface area (Å²) in [5, 5.41) is 4.88. The average molecular weight is 286 g/mol. The summed E-state index contributed by atoms with van der Waals surface area (Å²) in [7, 11) is 0. The first-order valence-corrected chi connectivity index (χ1v) is 7.26. The van der Waals surface area contributed by atoms with E-state index in [0.717, 1.165) is 18.7 Å². The Morgan fingerprint density at radius 3 is 2.67 bits per heavy atom. The van der Waals surface area contributed by atoms with Crippen LogP contribution >= 0.6 is 23.2 Å². The van der Waals surface area contributed by atoms with E-state index in [9.17, 15) is 0 Å². The van der Waals surface area contributed by atoms with E-state index in [0.29, 0.717) is 10.0 Å². The fourth-order valence-corrected chi connectivity index (χ4v) is 3.45. The first-order valence-electron chi connectivity index (χ1n) is 6.51. The molecule has 1 aliphatic carbocycles. The highest BCUT2D eigenvalue weighted by molar-refractivity contribution is 6.42. The maximum Gasteiger partial charge on any atom is 0.0965 e. The minimum Gasteiger partial charge on any atom is -0.370 e. The number of morpholine rings is 1. The van der Waals surface area contributed by atoms with Gasteiger partial charge in [-0.05, 0) is 18.9 Å². The SMILES string of the molecule is Clc1cccc(C2CNC3(CCCC3)CO2)c1Cl. The van der Waals surface area contributed by atoms with Crippen molar-refractivity contribution in [2.45, 2.75) is 37.3 Å². The van der Waals surface area contributed by atoms with Gasteiger partial charge in [0, 0.05) is 17.6 Å². The van der Waals surface area contributed by atoms with Crippen molar-refractivity contribution >= 4 is 23.2 Å². The highest BCUT2D eigenvalue weighted by Gasteiger charge is 2.38. The third-order valence-corrected chi connectivity index (χ3v) is 4.95. The highest BCUT2D eigenvalue weighted by atomic mass is 35.5. The van der Waals surface area contributed by atoms with Crippen LogP contribution in [0.2, 0.25) is 10.0 Å². The maximum atomic E-state index is 6.24. The van der Waals surface area contributed by atoms with Crippen LogP contribution < -0.4 is 5.32 Å². The second kappa shape index (κ2) is 5.01. The van der Waals surface area contributed by atoms with Crippen molar-refractivity contribution in [2.24, 2.45) is 0 Å². The van der Waals surface area contributed by atoms with Gasteiger partial charge < -0.3 is 10.1 Å². The van der Waals surface area contributed by atoms with Crippen LogP contribution in [-0.2, 0) is 4.74 Å². The molecule has 3 rings (SSSR count). The molecule has 4 heteroatoms. The molecule has 1 aromatic rings. The molecule has 1 spiro atoms. The van der Waals surface area contributed by atoms with Gasteiger partial charge in [0.15, 0.2) is 0 Å². The number of nitrogens with one attached hydrogen (secondary N) is 1. The van der Waals surface area contributed by atoms with Gasteiger partial charge in [0.1, 0.15) is 0 Å². The van der Waals surface area contributed by atoms with E-state index in [2.05, 4.69) is 5.32 Å². The molecule has 2 fully saturated rings. The summed E-state index contributed by atoms with van der Waals surface area (Å²) in [5.41, 5.74) is 1.21. The molecule has 2 nitrogen and oxygen atoms in total. The third kappa shape index (κ3) is 2.27. The summed E-state index contributed by atoms with van der Waals surface area (Å²) in [6.45, 7) is 1.60. The summed E-state index contributed by atoms with van der Waals surface area (Å²) >= 11 is 12.3. The van der Waals surface area contributed by atoms with Crippen molar-refractivity contribution in [3.8, 4) is 0 Å². The first kappa shape index (κ1) is 12.7. The molecule has 0 aromatic heterocycles. The fourth-order valence-electron chi connectivity index (χ4n) is 3.02. The molecule has 1 heterocycles. The van der Waals surface area contributed by atoms with Crippen LogP contribution in [0.5, 0.6) is 0 Å². The Morgan fingerprint density at radius 1 is 1.22 bits per heavy atom. The monoisotopic (exact) mass is 285 g/mol. The maximum absolute atomic E-state index is 6.24. The molecule has 18 heavy (non-hydrogen) atoms. The van der Waals surface area contributed by atoms with Crippen LogP contribution in [0.25, 0.3) is 0 Å². The van der Waals surface area contributed by atoms with Crippen LogP contribution in [0.4, 0.5) is 0 Å². The van der Waals surface area contributed by atoms with E-state index < -0.39 is 0 Å². The van der Waals surface area contributed by atoms with Gasteiger partial charge in [0.25, 0.3) is 0 Å². The van der Waals surface area contributed by atoms with E-state index in [1.165, 1.54) is 25.7 Å². The Hall–Kier alpha value is -0.280. The molecule has 1 unspecified atom stereocenters. The Kier molecular flexibility index (Phi) is 3.55. The van der Waals surface area contributed by atoms with Crippen molar-refractivity contribution in [2.75, 3.05) is 13.2 Å². The van der Waals surface area contributed by atoms with Crippen molar-refractivity contribution in [3.05, 3.63) is 33.8 Å². The molecule has 1 N–H and O–H groups in total. The zero-order valence-electron chi connectivity index (χ0n) is 10.2. The Morgan fingerprint density at radius 2 is 2.00 bits per heavy atom. The summed E-state index contributed by atoms with van der Waals surface area (Å²) < 4.78 is 6.03. The number of ether oxygens (including phenoxy) is 1. The lowest BCUT2D eigenvalue weighted by Gasteiger charge is -2.39. The van der Waals surface area contributed by atoms with E-state index >= 15 is 0 Å². The van der Waals surface area contributed by atoms with Gasteiger partial charge in [-0.2, -0.15) is 0 Å². The minimum atomic E-state index is 0.0161. The van der Waals surface area contributed by atoms with Gasteiger partial charge in [0.2, 0.25) is 0 Å². The van der Waals surface area contributed by atoms with Crippen molar-refractivity contribution in [1.29, 1.82) is 0 Å². The average Bonchev–Trinajstić information content (AvgIpc) is 2.83. The van der Waals surface area contributed by atoms with Crippen LogP contribution in [0, 0.1) is 0 Å². The topological polar surface area (TPSA) is 21.3 Å². The summed E-state index contributed by atoms with van der Waals surface area (Å²) in [6.07, 6.45) is 5.08. The van der Waals surface area contributed by atoms with Gasteiger partial charge in [-0.1, -0.05) is 48.2 Å². The van der Waals surface area contributed by atoms with Crippen molar-refractivity contribution in [1.82, 2.24) is 5.32 Å². The van der Waals surface area contributed by atoms with Crippen LogP contribution in [0.3, 0.4) is 0 Å². The van der Waals surface area contributed by atoms with E-state index in [1.54, 1.807) is 0 Å². The van der Waals surface area contributed by atoms with Gasteiger partial charge >= 0.3 is 0 Å². The van der Waals surface area contributed by atoms with E-state index in [-0.39, 0.29) is 11.6 Å². The molecule has 98 valence electrons. The largest absolute Gasteiger partial charge is 0.370 e. The standard InChI is InChI=1S/C14H17Cl2NO/c15-11-5-3-4-10(13(11)16)12-8-17-14(9-18-12)6-1-2-7-14/h3-5,12,17H,1-2,6-9H2. The molecule has 1 aliphatic heterocycles. The fraction of sp³-hybridized carbons (Fsp3) is 0.571. The Balaban J connectivity index is 1.74. The number of benzene rings is 1. The molecule has 1 atom stereocenters. The third-order valence-electron chi connectivity index (χ3n) is 4.11. The molecule has 1 aromatic carbocycles. The Labute approximate surface area is 118 Å². The summed E-state index contributed by atoms with van der Waals surface area (Å²) in [5.74, 6) is 0. The zero-order chi connectivity index (χ0) is 12.6. The number of rotatable bonds is 1. The summed E-state index contributed by atoms with van der Waals surface area (Å²) in [6, 6.07) is 5.72. The number of hydrogen-bond acceptors (Lipinski definition) is 2. The summed E-state index contributed by atoms with van der Waals surface area (Å²) in [4.78, 5) is 0. The van der Waals surface area contributed by atoms with Gasteiger partial charge in [-0.15, -0.1) is 0 Å². The smallest absolute Gasteiger partial charge is 0.0965 e. The predicted octanol–water partition coefficient (Wildman–Crippen LogP) is 3.97. The lowest BCUT2D eigenvalue weighted by Crippen LogP contribution is -2.53. The molecule has 0 amide bonds.